The lowest BCUT2D eigenvalue weighted by Gasteiger charge is -2.12. The molecule has 1 aliphatic heterocycles. The van der Waals surface area contributed by atoms with Crippen LogP contribution in [0.25, 0.3) is 0 Å². The standard InChI is InChI=1S/C10H12BrN3O4S/c11-7-4-13-10(19-7)14-9(17)12-3-5-1-2-6(18-5)8(15)16/h4-6H,1-3H2,(H,15,16)(H2,12,13,14,17). The summed E-state index contributed by atoms with van der Waals surface area (Å²) in [7, 11) is 0. The van der Waals surface area contributed by atoms with Gasteiger partial charge in [0, 0.05) is 6.54 Å². The summed E-state index contributed by atoms with van der Waals surface area (Å²) in [5, 5.41) is 14.5. The van der Waals surface area contributed by atoms with E-state index in [1.165, 1.54) is 11.3 Å². The molecule has 2 amide bonds. The Morgan fingerprint density at radius 2 is 2.37 bits per heavy atom. The van der Waals surface area contributed by atoms with Crippen LogP contribution in [0, 0.1) is 0 Å². The number of ether oxygens (including phenoxy) is 1. The monoisotopic (exact) mass is 349 g/mol. The summed E-state index contributed by atoms with van der Waals surface area (Å²) in [5.41, 5.74) is 0. The zero-order valence-corrected chi connectivity index (χ0v) is 12.2. The van der Waals surface area contributed by atoms with Crippen molar-refractivity contribution in [3.05, 3.63) is 9.98 Å². The van der Waals surface area contributed by atoms with Gasteiger partial charge in [0.2, 0.25) is 0 Å². The number of rotatable bonds is 4. The van der Waals surface area contributed by atoms with Gasteiger partial charge < -0.3 is 15.2 Å². The summed E-state index contributed by atoms with van der Waals surface area (Å²) in [5.74, 6) is -0.959. The summed E-state index contributed by atoms with van der Waals surface area (Å²) < 4.78 is 6.09. The van der Waals surface area contributed by atoms with Gasteiger partial charge >= 0.3 is 12.0 Å². The predicted molar refractivity (Wildman–Crippen MR) is 72.4 cm³/mol. The third kappa shape index (κ3) is 4.15. The zero-order chi connectivity index (χ0) is 13.8. The van der Waals surface area contributed by atoms with Gasteiger partial charge in [-0.2, -0.15) is 0 Å². The first-order chi connectivity index (χ1) is 9.04. The van der Waals surface area contributed by atoms with E-state index in [9.17, 15) is 9.59 Å². The number of hydrogen-bond acceptors (Lipinski definition) is 5. The molecule has 0 spiro atoms. The molecule has 7 nitrogen and oxygen atoms in total. The van der Waals surface area contributed by atoms with Gasteiger partial charge in [0.05, 0.1) is 16.1 Å². The second-order valence-corrected chi connectivity index (χ2v) is 6.38. The molecule has 9 heteroatoms. The van der Waals surface area contributed by atoms with E-state index in [2.05, 4.69) is 31.5 Å². The molecule has 1 fully saturated rings. The highest BCUT2D eigenvalue weighted by molar-refractivity contribution is 9.11. The molecule has 1 aromatic heterocycles. The number of urea groups is 1. The Balaban J connectivity index is 1.71. The number of nitrogens with one attached hydrogen (secondary N) is 2. The average Bonchev–Trinajstić information content (AvgIpc) is 2.96. The van der Waals surface area contributed by atoms with Crippen molar-refractivity contribution in [3.8, 4) is 0 Å². The van der Waals surface area contributed by atoms with E-state index in [1.807, 2.05) is 0 Å². The average molecular weight is 350 g/mol. The number of aromatic nitrogens is 1. The number of nitrogens with zero attached hydrogens (tertiary/aromatic N) is 1. The van der Waals surface area contributed by atoms with Crippen LogP contribution < -0.4 is 10.6 Å². The topological polar surface area (TPSA) is 101 Å². The normalized spacial score (nSPS) is 22.2. The molecular formula is C10H12BrN3O4S. The Morgan fingerprint density at radius 3 is 2.95 bits per heavy atom. The highest BCUT2D eigenvalue weighted by atomic mass is 79.9. The summed E-state index contributed by atoms with van der Waals surface area (Å²) >= 11 is 4.55. The van der Waals surface area contributed by atoms with Crippen LogP contribution in [0.5, 0.6) is 0 Å². The molecule has 0 aliphatic carbocycles. The van der Waals surface area contributed by atoms with E-state index in [-0.39, 0.29) is 18.7 Å². The van der Waals surface area contributed by atoms with Gasteiger partial charge in [0.1, 0.15) is 0 Å². The number of carboxylic acid groups (broad SMARTS) is 1. The minimum atomic E-state index is -0.959. The SMILES string of the molecule is O=C(NCC1CCC(C(=O)O)O1)Nc1ncc(Br)s1. The molecule has 19 heavy (non-hydrogen) atoms. The summed E-state index contributed by atoms with van der Waals surface area (Å²) in [4.78, 5) is 26.2. The molecular weight excluding hydrogens is 338 g/mol. The molecule has 2 atom stereocenters. The summed E-state index contributed by atoms with van der Waals surface area (Å²) in [6.07, 6.45) is 1.68. The van der Waals surface area contributed by atoms with Crippen LogP contribution in [0.15, 0.2) is 9.98 Å². The minimum Gasteiger partial charge on any atom is -0.479 e. The van der Waals surface area contributed by atoms with Crippen LogP contribution in [0.1, 0.15) is 12.8 Å². The highest BCUT2D eigenvalue weighted by Gasteiger charge is 2.30. The highest BCUT2D eigenvalue weighted by Crippen LogP contribution is 2.23. The van der Waals surface area contributed by atoms with Gasteiger partial charge in [-0.3, -0.25) is 5.32 Å². The number of hydrogen-bond donors (Lipinski definition) is 3. The Morgan fingerprint density at radius 1 is 1.58 bits per heavy atom. The maximum Gasteiger partial charge on any atom is 0.332 e. The molecule has 2 unspecified atom stereocenters. The van der Waals surface area contributed by atoms with Crippen LogP contribution in [0.3, 0.4) is 0 Å². The maximum atomic E-state index is 11.6. The van der Waals surface area contributed by atoms with Gasteiger partial charge in [-0.25, -0.2) is 14.6 Å². The largest absolute Gasteiger partial charge is 0.479 e. The molecule has 0 radical (unpaired) electrons. The van der Waals surface area contributed by atoms with Crippen molar-refractivity contribution in [2.45, 2.75) is 25.0 Å². The van der Waals surface area contributed by atoms with Crippen LogP contribution in [-0.4, -0.2) is 40.8 Å². The van der Waals surface area contributed by atoms with Crippen molar-refractivity contribution in [2.24, 2.45) is 0 Å². The molecule has 1 aliphatic rings. The van der Waals surface area contributed by atoms with Gasteiger partial charge in [0.15, 0.2) is 11.2 Å². The fourth-order valence-electron chi connectivity index (χ4n) is 1.70. The molecule has 3 N–H and O–H groups in total. The first-order valence-corrected chi connectivity index (χ1v) is 7.20. The number of carbonyl (C=O) groups is 2. The summed E-state index contributed by atoms with van der Waals surface area (Å²) in [6.45, 7) is 0.280. The smallest absolute Gasteiger partial charge is 0.332 e. The van der Waals surface area contributed by atoms with E-state index in [4.69, 9.17) is 9.84 Å². The fourth-order valence-corrected chi connectivity index (χ4v) is 2.80. The molecule has 1 saturated heterocycles. The quantitative estimate of drug-likeness (QED) is 0.767. The van der Waals surface area contributed by atoms with Crippen LogP contribution in [-0.2, 0) is 9.53 Å². The Kier molecular flexibility index (Phi) is 4.72. The Bertz CT molecular complexity index is 481. The maximum absolute atomic E-state index is 11.6. The second-order valence-electron chi connectivity index (χ2n) is 3.97. The first-order valence-electron chi connectivity index (χ1n) is 5.59. The van der Waals surface area contributed by atoms with Gasteiger partial charge in [-0.1, -0.05) is 11.3 Å². The third-order valence-electron chi connectivity index (χ3n) is 2.57. The van der Waals surface area contributed by atoms with Crippen LogP contribution in [0.4, 0.5) is 9.93 Å². The van der Waals surface area contributed by atoms with Crippen molar-refractivity contribution in [3.63, 3.8) is 0 Å². The number of carbonyl (C=O) groups excluding carboxylic acids is 1. The lowest BCUT2D eigenvalue weighted by Crippen LogP contribution is -2.35. The lowest BCUT2D eigenvalue weighted by molar-refractivity contribution is -0.149. The van der Waals surface area contributed by atoms with Crippen molar-refractivity contribution in [1.82, 2.24) is 10.3 Å². The molecule has 0 saturated carbocycles. The van der Waals surface area contributed by atoms with E-state index >= 15 is 0 Å². The van der Waals surface area contributed by atoms with E-state index in [0.717, 1.165) is 3.79 Å². The first kappa shape index (κ1) is 14.2. The second kappa shape index (κ2) is 6.31. The predicted octanol–water partition coefficient (Wildman–Crippen LogP) is 1.66. The van der Waals surface area contributed by atoms with Crippen LogP contribution in [0.2, 0.25) is 0 Å². The number of amides is 2. The summed E-state index contributed by atoms with van der Waals surface area (Å²) in [6, 6.07) is -0.385. The van der Waals surface area contributed by atoms with Crippen molar-refractivity contribution >= 4 is 44.4 Å². The molecule has 1 aromatic rings. The van der Waals surface area contributed by atoms with Crippen LogP contribution >= 0.6 is 27.3 Å². The number of aliphatic carboxylic acids is 1. The van der Waals surface area contributed by atoms with Crippen molar-refractivity contribution in [1.29, 1.82) is 0 Å². The van der Waals surface area contributed by atoms with Crippen molar-refractivity contribution < 1.29 is 19.4 Å². The minimum absolute atomic E-state index is 0.255. The fraction of sp³-hybridized carbons (Fsp3) is 0.500. The van der Waals surface area contributed by atoms with E-state index in [0.29, 0.717) is 18.0 Å². The van der Waals surface area contributed by atoms with Crippen molar-refractivity contribution in [2.75, 3.05) is 11.9 Å². The third-order valence-corrected chi connectivity index (χ3v) is 3.96. The molecule has 0 bridgehead atoms. The lowest BCUT2D eigenvalue weighted by atomic mass is 10.2. The molecule has 2 heterocycles. The molecule has 104 valence electrons. The Labute approximate surface area is 121 Å². The van der Waals surface area contributed by atoms with Gasteiger partial charge in [0.25, 0.3) is 0 Å². The van der Waals surface area contributed by atoms with Gasteiger partial charge in [-0.15, -0.1) is 0 Å². The number of anilines is 1. The molecule has 0 aromatic carbocycles. The Hall–Kier alpha value is -1.19. The zero-order valence-electron chi connectivity index (χ0n) is 9.76. The van der Waals surface area contributed by atoms with Gasteiger partial charge in [-0.05, 0) is 28.8 Å². The number of thiazole rings is 1. The van der Waals surface area contributed by atoms with E-state index < -0.39 is 12.1 Å². The van der Waals surface area contributed by atoms with E-state index in [1.54, 1.807) is 6.20 Å². The molecule has 2 rings (SSSR count). The number of halogens is 1. The number of carboxylic acids is 1.